The highest BCUT2D eigenvalue weighted by molar-refractivity contribution is 7.85. The lowest BCUT2D eigenvalue weighted by molar-refractivity contribution is -0.138. The van der Waals surface area contributed by atoms with Gasteiger partial charge < -0.3 is 4.74 Å². The van der Waals surface area contributed by atoms with Crippen molar-refractivity contribution in [1.29, 1.82) is 0 Å². The minimum absolute atomic E-state index is 0.150. The van der Waals surface area contributed by atoms with Gasteiger partial charge in [-0.25, -0.2) is 0 Å². The largest absolute Gasteiger partial charge is 0.416 e. The standard InChI is InChI=1S/C20H19F3O4S/c1-28(24,25)27-10-13-6-7-17-15(8-13)16(9-19(17)11-26-12-19)14-4-2-3-5-18(14)20(21,22)23/h2-8,16H,9-12H2,1H3. The summed E-state index contributed by atoms with van der Waals surface area (Å²) in [6.45, 7) is 0.803. The molecule has 0 N–H and O–H groups in total. The van der Waals surface area contributed by atoms with Crippen molar-refractivity contribution in [3.8, 4) is 0 Å². The number of halogens is 3. The summed E-state index contributed by atoms with van der Waals surface area (Å²) in [5.74, 6) is -0.435. The van der Waals surface area contributed by atoms with Crippen LogP contribution in [0.1, 0.15) is 40.2 Å². The zero-order valence-corrected chi connectivity index (χ0v) is 15.9. The average Bonchev–Trinajstić information content (AvgIpc) is 2.93. The SMILES string of the molecule is CS(=O)(=O)OCc1ccc2c(c1)C(c1ccccc1C(F)(F)F)CC21COC1. The zero-order valence-electron chi connectivity index (χ0n) is 15.1. The van der Waals surface area contributed by atoms with Crippen LogP contribution in [0.3, 0.4) is 0 Å². The number of hydrogen-bond acceptors (Lipinski definition) is 4. The maximum absolute atomic E-state index is 13.6. The van der Waals surface area contributed by atoms with Crippen LogP contribution in [-0.4, -0.2) is 27.9 Å². The van der Waals surface area contributed by atoms with Crippen LogP contribution in [0.4, 0.5) is 13.2 Å². The summed E-state index contributed by atoms with van der Waals surface area (Å²) >= 11 is 0. The first kappa shape index (κ1) is 19.4. The molecule has 8 heteroatoms. The van der Waals surface area contributed by atoms with Crippen molar-refractivity contribution in [2.45, 2.75) is 30.5 Å². The fourth-order valence-corrected chi connectivity index (χ4v) is 4.57. The molecule has 1 aliphatic carbocycles. The maximum Gasteiger partial charge on any atom is 0.416 e. The van der Waals surface area contributed by atoms with Crippen LogP contribution >= 0.6 is 0 Å². The highest BCUT2D eigenvalue weighted by Gasteiger charge is 2.50. The van der Waals surface area contributed by atoms with Crippen LogP contribution in [0, 0.1) is 0 Å². The van der Waals surface area contributed by atoms with Crippen LogP contribution in [0.2, 0.25) is 0 Å². The first-order valence-electron chi connectivity index (χ1n) is 8.81. The summed E-state index contributed by atoms with van der Waals surface area (Å²) in [6.07, 6.45) is -2.95. The lowest BCUT2D eigenvalue weighted by atomic mass is 9.78. The lowest BCUT2D eigenvalue weighted by Gasteiger charge is -2.39. The molecule has 0 bridgehead atoms. The molecule has 2 aromatic rings. The quantitative estimate of drug-likeness (QED) is 0.713. The van der Waals surface area contributed by atoms with Crippen molar-refractivity contribution in [3.05, 3.63) is 70.3 Å². The van der Waals surface area contributed by atoms with Crippen molar-refractivity contribution >= 4 is 10.1 Å². The third kappa shape index (κ3) is 3.44. The van der Waals surface area contributed by atoms with Gasteiger partial charge in [-0.2, -0.15) is 21.6 Å². The Balaban J connectivity index is 1.78. The van der Waals surface area contributed by atoms with Gasteiger partial charge in [0.25, 0.3) is 10.1 Å². The maximum atomic E-state index is 13.6. The van der Waals surface area contributed by atoms with Crippen molar-refractivity contribution in [2.24, 2.45) is 0 Å². The van der Waals surface area contributed by atoms with Gasteiger partial charge in [-0.1, -0.05) is 36.4 Å². The molecule has 0 aromatic heterocycles. The summed E-state index contributed by atoms with van der Waals surface area (Å²) < 4.78 is 73.6. The predicted molar refractivity (Wildman–Crippen MR) is 96.5 cm³/mol. The second kappa shape index (κ2) is 6.57. The second-order valence-electron chi connectivity index (χ2n) is 7.50. The molecule has 0 radical (unpaired) electrons. The Labute approximate surface area is 161 Å². The molecule has 1 aliphatic heterocycles. The number of ether oxygens (including phenoxy) is 1. The van der Waals surface area contributed by atoms with Gasteiger partial charge in [0.15, 0.2) is 0 Å². The zero-order chi connectivity index (χ0) is 20.2. The summed E-state index contributed by atoms with van der Waals surface area (Å²) in [5, 5.41) is 0. The van der Waals surface area contributed by atoms with Crippen molar-refractivity contribution in [1.82, 2.24) is 0 Å². The normalized spacial score (nSPS) is 20.8. The summed E-state index contributed by atoms with van der Waals surface area (Å²) in [6, 6.07) is 11.0. The van der Waals surface area contributed by atoms with E-state index in [9.17, 15) is 21.6 Å². The first-order chi connectivity index (χ1) is 13.1. The van der Waals surface area contributed by atoms with Gasteiger partial charge in [-0.3, -0.25) is 4.18 Å². The van der Waals surface area contributed by atoms with Gasteiger partial charge in [-0.15, -0.1) is 0 Å². The van der Waals surface area contributed by atoms with Gasteiger partial charge in [0, 0.05) is 11.3 Å². The summed E-state index contributed by atoms with van der Waals surface area (Å²) in [4.78, 5) is 0. The highest BCUT2D eigenvalue weighted by Crippen LogP contribution is 2.54. The lowest BCUT2D eigenvalue weighted by Crippen LogP contribution is -2.45. The van der Waals surface area contributed by atoms with E-state index in [4.69, 9.17) is 8.92 Å². The first-order valence-corrected chi connectivity index (χ1v) is 10.6. The topological polar surface area (TPSA) is 52.6 Å². The van der Waals surface area contributed by atoms with Crippen molar-refractivity contribution in [3.63, 3.8) is 0 Å². The monoisotopic (exact) mass is 412 g/mol. The Morgan fingerprint density at radius 3 is 2.46 bits per heavy atom. The van der Waals surface area contributed by atoms with Gasteiger partial charge in [0.1, 0.15) is 0 Å². The van der Waals surface area contributed by atoms with Crippen LogP contribution in [0.25, 0.3) is 0 Å². The molecule has 150 valence electrons. The number of hydrogen-bond donors (Lipinski definition) is 0. The van der Waals surface area contributed by atoms with Crippen LogP contribution in [-0.2, 0) is 37.2 Å². The molecule has 0 saturated carbocycles. The fraction of sp³-hybridized carbons (Fsp3) is 0.400. The number of fused-ring (bicyclic) bond motifs is 2. The third-order valence-corrected chi connectivity index (χ3v) is 6.04. The Morgan fingerprint density at radius 1 is 1.14 bits per heavy atom. The second-order valence-corrected chi connectivity index (χ2v) is 9.15. The van der Waals surface area contributed by atoms with Gasteiger partial charge in [0.2, 0.25) is 0 Å². The van der Waals surface area contributed by atoms with Gasteiger partial charge in [-0.05, 0) is 34.7 Å². The highest BCUT2D eigenvalue weighted by atomic mass is 32.2. The van der Waals surface area contributed by atoms with E-state index in [2.05, 4.69) is 0 Å². The molecule has 2 aromatic carbocycles. The molecule has 4 nitrogen and oxygen atoms in total. The van der Waals surface area contributed by atoms with E-state index in [-0.39, 0.29) is 17.6 Å². The number of benzene rings is 2. The molecule has 1 spiro atoms. The van der Waals surface area contributed by atoms with Gasteiger partial charge in [0.05, 0.1) is 31.6 Å². The summed E-state index contributed by atoms with van der Waals surface area (Å²) in [7, 11) is -3.61. The van der Waals surface area contributed by atoms with Crippen LogP contribution < -0.4 is 0 Å². The van der Waals surface area contributed by atoms with E-state index in [1.807, 2.05) is 6.07 Å². The Morgan fingerprint density at radius 2 is 1.86 bits per heavy atom. The molecule has 1 unspecified atom stereocenters. The molecule has 4 rings (SSSR count). The van der Waals surface area contributed by atoms with Crippen LogP contribution in [0.5, 0.6) is 0 Å². The molecule has 1 atom stereocenters. The molecular formula is C20H19F3O4S. The fourth-order valence-electron chi connectivity index (χ4n) is 4.22. The average molecular weight is 412 g/mol. The Hall–Kier alpha value is -1.90. The van der Waals surface area contributed by atoms with E-state index < -0.39 is 27.8 Å². The van der Waals surface area contributed by atoms with Gasteiger partial charge >= 0.3 is 6.18 Å². The third-order valence-electron chi connectivity index (χ3n) is 5.50. The minimum atomic E-state index is -4.44. The number of rotatable bonds is 4. The number of alkyl halides is 3. The van der Waals surface area contributed by atoms with E-state index in [1.165, 1.54) is 12.1 Å². The Kier molecular flexibility index (Phi) is 4.56. The molecular weight excluding hydrogens is 393 g/mol. The summed E-state index contributed by atoms with van der Waals surface area (Å²) in [5.41, 5.74) is 1.69. The van der Waals surface area contributed by atoms with E-state index in [0.29, 0.717) is 25.2 Å². The molecule has 1 heterocycles. The smallest absolute Gasteiger partial charge is 0.379 e. The minimum Gasteiger partial charge on any atom is -0.379 e. The molecule has 2 aliphatic rings. The predicted octanol–water partition coefficient (Wildman–Crippen LogP) is 3.99. The van der Waals surface area contributed by atoms with Crippen LogP contribution in [0.15, 0.2) is 42.5 Å². The molecule has 28 heavy (non-hydrogen) atoms. The van der Waals surface area contributed by atoms with E-state index in [0.717, 1.165) is 23.4 Å². The van der Waals surface area contributed by atoms with E-state index >= 15 is 0 Å². The molecule has 1 saturated heterocycles. The molecule has 0 amide bonds. The molecule has 1 fully saturated rings. The van der Waals surface area contributed by atoms with E-state index in [1.54, 1.807) is 18.2 Å². The Bertz CT molecular complexity index is 1010. The van der Waals surface area contributed by atoms with Crippen molar-refractivity contribution in [2.75, 3.05) is 19.5 Å². The van der Waals surface area contributed by atoms with Crippen molar-refractivity contribution < 1.29 is 30.5 Å².